The number of ketones is 1. The lowest BCUT2D eigenvalue weighted by Crippen LogP contribution is -2.37. The molecule has 0 bridgehead atoms. The number of alkyl halides is 3. The van der Waals surface area contributed by atoms with E-state index >= 15 is 0 Å². The Hall–Kier alpha value is -5.31. The van der Waals surface area contributed by atoms with Crippen molar-refractivity contribution in [3.8, 4) is 28.4 Å². The molecule has 12 nitrogen and oxygen atoms in total. The van der Waals surface area contributed by atoms with E-state index in [1.54, 1.807) is 18.3 Å². The van der Waals surface area contributed by atoms with Gasteiger partial charge in [0, 0.05) is 60.4 Å². The number of carbonyl (C=O) groups excluding carboxylic acids is 3. The zero-order valence-corrected chi connectivity index (χ0v) is 33.1. The standard InChI is InChI=1S/C42H52F3N7O5/c1-41(2,3)57-40(55)47-25-27-10-12-29(13-11-27)35(53)24-33(38(54)48-34-17-14-30(15-18-34)37-49-39(51-50-37)42(43,44)45)23-28-8-6-9-31(22-28)32-16-19-36(46-26-32)56-21-7-20-52(4)5/h6,8-9,14-19,22,26-27,29,33H,7,10-13,20-21,23-25H2,1-5H3,(H,47,55)(H,48,54)(H,49,50,51)/t27?,29?,33-/m1/s1. The van der Waals surface area contributed by atoms with Gasteiger partial charge in [0.15, 0.2) is 5.82 Å². The number of benzene rings is 2. The van der Waals surface area contributed by atoms with Crippen molar-refractivity contribution in [1.82, 2.24) is 30.4 Å². The number of H-pyrrole nitrogens is 1. The highest BCUT2D eigenvalue weighted by molar-refractivity contribution is 5.96. The molecule has 1 saturated carbocycles. The molecule has 3 N–H and O–H groups in total. The number of halogens is 3. The second-order valence-corrected chi connectivity index (χ2v) is 15.8. The van der Waals surface area contributed by atoms with Gasteiger partial charge in [-0.3, -0.25) is 14.7 Å². The number of hydrogen-bond acceptors (Lipinski definition) is 9. The van der Waals surface area contributed by atoms with Crippen LogP contribution < -0.4 is 15.4 Å². The molecule has 1 aliphatic carbocycles. The van der Waals surface area contributed by atoms with Gasteiger partial charge in [0.05, 0.1) is 6.61 Å². The van der Waals surface area contributed by atoms with Crippen LogP contribution in [0.5, 0.6) is 5.88 Å². The molecule has 0 saturated heterocycles. The predicted molar refractivity (Wildman–Crippen MR) is 210 cm³/mol. The van der Waals surface area contributed by atoms with Crippen LogP contribution in [0.4, 0.5) is 23.7 Å². The van der Waals surface area contributed by atoms with E-state index in [2.05, 4.69) is 30.6 Å². The van der Waals surface area contributed by atoms with Gasteiger partial charge >= 0.3 is 12.3 Å². The summed E-state index contributed by atoms with van der Waals surface area (Å²) in [7, 11) is 4.03. The number of nitrogens with zero attached hydrogens (tertiary/aromatic N) is 4. The normalized spacial score (nSPS) is 16.5. The van der Waals surface area contributed by atoms with E-state index in [1.165, 1.54) is 12.1 Å². The maximum absolute atomic E-state index is 13.9. The van der Waals surface area contributed by atoms with Crippen molar-refractivity contribution in [2.75, 3.05) is 39.1 Å². The highest BCUT2D eigenvalue weighted by Crippen LogP contribution is 2.32. The molecule has 306 valence electrons. The van der Waals surface area contributed by atoms with E-state index in [0.717, 1.165) is 42.5 Å². The molecular weight excluding hydrogens is 740 g/mol. The van der Waals surface area contributed by atoms with Gasteiger partial charge in [-0.15, -0.1) is 0 Å². The van der Waals surface area contributed by atoms with Crippen molar-refractivity contribution in [1.29, 1.82) is 0 Å². The van der Waals surface area contributed by atoms with Gasteiger partial charge in [-0.2, -0.15) is 18.3 Å². The zero-order valence-electron chi connectivity index (χ0n) is 33.1. The molecule has 2 aromatic carbocycles. The van der Waals surface area contributed by atoms with E-state index in [-0.39, 0.29) is 42.2 Å². The second kappa shape index (κ2) is 19.2. The Bertz CT molecular complexity index is 1930. The molecule has 2 heterocycles. The van der Waals surface area contributed by atoms with Gasteiger partial charge in [-0.25, -0.2) is 14.8 Å². The van der Waals surface area contributed by atoms with Crippen LogP contribution in [0, 0.1) is 17.8 Å². The monoisotopic (exact) mass is 791 g/mol. The van der Waals surface area contributed by atoms with E-state index in [1.807, 2.05) is 76.4 Å². The Morgan fingerprint density at radius 3 is 2.30 bits per heavy atom. The minimum Gasteiger partial charge on any atom is -0.478 e. The minimum absolute atomic E-state index is 0.00986. The van der Waals surface area contributed by atoms with Gasteiger partial charge in [-0.1, -0.05) is 24.3 Å². The van der Waals surface area contributed by atoms with Crippen molar-refractivity contribution < 1.29 is 37.0 Å². The average Bonchev–Trinajstić information content (AvgIpc) is 3.67. The number of aromatic nitrogens is 4. The summed E-state index contributed by atoms with van der Waals surface area (Å²) in [5.74, 6) is -1.83. The predicted octanol–water partition coefficient (Wildman–Crippen LogP) is 7.97. The largest absolute Gasteiger partial charge is 0.478 e. The van der Waals surface area contributed by atoms with Crippen LogP contribution in [0.15, 0.2) is 66.9 Å². The molecule has 57 heavy (non-hydrogen) atoms. The number of ether oxygens (including phenoxy) is 2. The van der Waals surface area contributed by atoms with Gasteiger partial charge in [0.25, 0.3) is 0 Å². The number of pyridine rings is 1. The van der Waals surface area contributed by atoms with E-state index < -0.39 is 29.6 Å². The third-order valence-electron chi connectivity index (χ3n) is 9.70. The van der Waals surface area contributed by atoms with Gasteiger partial charge in [-0.05, 0) is 121 Å². The Balaban J connectivity index is 1.26. The molecule has 0 spiro atoms. The lowest BCUT2D eigenvalue weighted by Gasteiger charge is -2.29. The fourth-order valence-electron chi connectivity index (χ4n) is 6.72. The third-order valence-corrected chi connectivity index (χ3v) is 9.70. The highest BCUT2D eigenvalue weighted by Gasteiger charge is 2.35. The molecule has 1 atom stereocenters. The lowest BCUT2D eigenvalue weighted by molar-refractivity contribution is -0.144. The summed E-state index contributed by atoms with van der Waals surface area (Å²) in [5, 5.41) is 11.3. The van der Waals surface area contributed by atoms with Gasteiger partial charge in [0.2, 0.25) is 17.6 Å². The fraction of sp³-hybridized carbons (Fsp3) is 0.476. The molecule has 4 aromatic rings. The van der Waals surface area contributed by atoms with Crippen LogP contribution in [0.25, 0.3) is 22.5 Å². The summed E-state index contributed by atoms with van der Waals surface area (Å²) in [6.45, 7) is 7.37. The number of amides is 2. The number of aromatic amines is 1. The van der Waals surface area contributed by atoms with Crippen LogP contribution >= 0.6 is 0 Å². The van der Waals surface area contributed by atoms with Crippen molar-refractivity contribution >= 4 is 23.5 Å². The second-order valence-electron chi connectivity index (χ2n) is 15.8. The van der Waals surface area contributed by atoms with Crippen molar-refractivity contribution in [3.05, 3.63) is 78.2 Å². The number of nitrogens with one attached hydrogen (secondary N) is 3. The number of carbonyl (C=O) groups is 3. The Morgan fingerprint density at radius 2 is 1.67 bits per heavy atom. The zero-order chi connectivity index (χ0) is 41.2. The molecule has 1 aliphatic rings. The first-order valence-electron chi connectivity index (χ1n) is 19.3. The molecule has 0 aliphatic heterocycles. The molecule has 0 radical (unpaired) electrons. The number of Topliss-reactive ketones (excluding diaryl/α,β-unsaturated/α-hetero) is 1. The summed E-state index contributed by atoms with van der Waals surface area (Å²) in [4.78, 5) is 50.0. The molecule has 2 aromatic heterocycles. The number of anilines is 1. The summed E-state index contributed by atoms with van der Waals surface area (Å²) >= 11 is 0. The number of hydrogen-bond donors (Lipinski definition) is 3. The summed E-state index contributed by atoms with van der Waals surface area (Å²) in [5.41, 5.74) is 2.79. The van der Waals surface area contributed by atoms with E-state index in [4.69, 9.17) is 9.47 Å². The Morgan fingerprint density at radius 1 is 0.947 bits per heavy atom. The van der Waals surface area contributed by atoms with Crippen LogP contribution in [0.1, 0.15) is 70.7 Å². The van der Waals surface area contributed by atoms with Crippen molar-refractivity contribution in [3.63, 3.8) is 0 Å². The quantitative estimate of drug-likeness (QED) is 0.0960. The minimum atomic E-state index is -4.66. The molecule has 15 heteroatoms. The summed E-state index contributed by atoms with van der Waals surface area (Å²) < 4.78 is 50.3. The van der Waals surface area contributed by atoms with E-state index in [9.17, 15) is 27.6 Å². The SMILES string of the molecule is CN(C)CCCOc1ccc(-c2cccc(C[C@H](CC(=O)C3CCC(CNC(=O)OC(C)(C)C)CC3)C(=O)Nc3ccc(-c4n[nH]c(C(F)(F)F)n4)cc3)c2)cn1. The highest BCUT2D eigenvalue weighted by atomic mass is 19.4. The maximum atomic E-state index is 13.9. The van der Waals surface area contributed by atoms with Gasteiger partial charge < -0.3 is 25.0 Å². The fourth-order valence-corrected chi connectivity index (χ4v) is 6.72. The smallest absolute Gasteiger partial charge is 0.451 e. The Kier molecular flexibility index (Phi) is 14.4. The number of rotatable bonds is 16. The third kappa shape index (κ3) is 13.4. The molecule has 1 fully saturated rings. The van der Waals surface area contributed by atoms with Crippen LogP contribution in [-0.2, 0) is 26.9 Å². The maximum Gasteiger partial charge on any atom is 0.451 e. The lowest BCUT2D eigenvalue weighted by atomic mass is 9.77. The van der Waals surface area contributed by atoms with Crippen LogP contribution in [0.2, 0.25) is 0 Å². The van der Waals surface area contributed by atoms with Crippen molar-refractivity contribution in [2.24, 2.45) is 17.8 Å². The van der Waals surface area contributed by atoms with Gasteiger partial charge in [0.1, 0.15) is 11.4 Å². The Labute approximate surface area is 331 Å². The topological polar surface area (TPSA) is 151 Å². The van der Waals surface area contributed by atoms with Crippen molar-refractivity contribution in [2.45, 2.75) is 77.5 Å². The molecular formula is C42H52F3N7O5. The van der Waals surface area contributed by atoms with E-state index in [0.29, 0.717) is 43.1 Å². The average molecular weight is 792 g/mol. The number of alkyl carbamates (subject to hydrolysis) is 1. The first kappa shape index (κ1) is 42.8. The molecule has 0 unspecified atom stereocenters. The first-order valence-corrected chi connectivity index (χ1v) is 19.3. The summed E-state index contributed by atoms with van der Waals surface area (Å²) in [6.07, 6.45) is 0.663. The molecule has 2 amide bonds. The van der Waals surface area contributed by atoms with Crippen LogP contribution in [0.3, 0.4) is 0 Å². The first-order chi connectivity index (χ1) is 27.0. The van der Waals surface area contributed by atoms with Crippen LogP contribution in [-0.4, -0.2) is 82.2 Å². The summed E-state index contributed by atoms with van der Waals surface area (Å²) in [6, 6.07) is 17.7. The molecule has 5 rings (SSSR count).